The number of nitrogens with one attached hydrogen (secondary N) is 1. The summed E-state index contributed by atoms with van der Waals surface area (Å²) in [6.45, 7) is 11.9. The molecular weight excluding hydrogens is 260 g/mol. The number of hydrogen-bond acceptors (Lipinski definition) is 4. The van der Waals surface area contributed by atoms with Gasteiger partial charge in [0.2, 0.25) is 0 Å². The zero-order chi connectivity index (χ0) is 15.7. The van der Waals surface area contributed by atoms with Crippen molar-refractivity contribution in [3.05, 3.63) is 24.0 Å². The van der Waals surface area contributed by atoms with Crippen molar-refractivity contribution in [2.45, 2.75) is 33.7 Å². The van der Waals surface area contributed by atoms with Crippen LogP contribution in [0.4, 0.5) is 5.69 Å². The fourth-order valence-electron chi connectivity index (χ4n) is 2.34. The normalized spacial score (nSPS) is 11.4. The lowest BCUT2D eigenvalue weighted by molar-refractivity contribution is 0.408. The second kappa shape index (κ2) is 9.74. The zero-order valence-electron chi connectivity index (χ0n) is 14.4. The van der Waals surface area contributed by atoms with Gasteiger partial charge in [0.15, 0.2) is 0 Å². The van der Waals surface area contributed by atoms with Crippen molar-refractivity contribution >= 4 is 5.69 Å². The van der Waals surface area contributed by atoms with Crippen LogP contribution in [0.3, 0.4) is 0 Å². The Balaban J connectivity index is 2.83. The standard InChI is InChI=1S/C17H32N4/c1-6-8-18-12-16-13-19-9-7-17(16)21(14-15(2)3)11-10-20(4)5/h7,9,13,15,18H,6,8,10-12,14H2,1-5H3. The molecular formula is C17H32N4. The van der Waals surface area contributed by atoms with E-state index in [9.17, 15) is 0 Å². The van der Waals surface area contributed by atoms with Crippen molar-refractivity contribution in [3.8, 4) is 0 Å². The van der Waals surface area contributed by atoms with Gasteiger partial charge in [-0.05, 0) is 39.0 Å². The molecule has 0 amide bonds. The molecule has 21 heavy (non-hydrogen) atoms. The third-order valence-corrected chi connectivity index (χ3v) is 3.36. The van der Waals surface area contributed by atoms with Crippen LogP contribution in [0.25, 0.3) is 0 Å². The SMILES string of the molecule is CCCNCc1cnccc1N(CCN(C)C)CC(C)C. The van der Waals surface area contributed by atoms with E-state index < -0.39 is 0 Å². The second-order valence-corrected chi connectivity index (χ2v) is 6.32. The summed E-state index contributed by atoms with van der Waals surface area (Å²) < 4.78 is 0. The predicted molar refractivity (Wildman–Crippen MR) is 91.8 cm³/mol. The molecule has 1 aromatic heterocycles. The zero-order valence-corrected chi connectivity index (χ0v) is 14.4. The van der Waals surface area contributed by atoms with Gasteiger partial charge in [-0.3, -0.25) is 4.98 Å². The van der Waals surface area contributed by atoms with Crippen molar-refractivity contribution in [1.82, 2.24) is 15.2 Å². The molecule has 0 saturated heterocycles. The summed E-state index contributed by atoms with van der Waals surface area (Å²) in [7, 11) is 4.26. The van der Waals surface area contributed by atoms with E-state index in [4.69, 9.17) is 0 Å². The van der Waals surface area contributed by atoms with Gasteiger partial charge in [-0.2, -0.15) is 0 Å². The van der Waals surface area contributed by atoms with Gasteiger partial charge in [0.1, 0.15) is 0 Å². The molecule has 1 heterocycles. The summed E-state index contributed by atoms with van der Waals surface area (Å²) >= 11 is 0. The smallest absolute Gasteiger partial charge is 0.0443 e. The third-order valence-electron chi connectivity index (χ3n) is 3.36. The molecule has 1 N–H and O–H groups in total. The maximum absolute atomic E-state index is 4.30. The summed E-state index contributed by atoms with van der Waals surface area (Å²) in [4.78, 5) is 9.04. The average Bonchev–Trinajstić information content (AvgIpc) is 2.44. The van der Waals surface area contributed by atoms with E-state index in [1.165, 1.54) is 11.3 Å². The van der Waals surface area contributed by atoms with E-state index in [0.29, 0.717) is 5.92 Å². The fourth-order valence-corrected chi connectivity index (χ4v) is 2.34. The Morgan fingerprint density at radius 3 is 2.62 bits per heavy atom. The molecule has 0 atom stereocenters. The number of nitrogens with zero attached hydrogens (tertiary/aromatic N) is 3. The van der Waals surface area contributed by atoms with Gasteiger partial charge in [-0.25, -0.2) is 0 Å². The van der Waals surface area contributed by atoms with Gasteiger partial charge in [0.25, 0.3) is 0 Å². The highest BCUT2D eigenvalue weighted by molar-refractivity contribution is 5.52. The number of pyridine rings is 1. The molecule has 0 aliphatic carbocycles. The predicted octanol–water partition coefficient (Wildman–Crippen LogP) is 2.61. The molecule has 0 aliphatic heterocycles. The Bertz CT molecular complexity index is 390. The Labute approximate surface area is 130 Å². The molecule has 0 aromatic carbocycles. The topological polar surface area (TPSA) is 31.4 Å². The van der Waals surface area contributed by atoms with Crippen LogP contribution >= 0.6 is 0 Å². The lowest BCUT2D eigenvalue weighted by Crippen LogP contribution is -2.35. The molecule has 0 radical (unpaired) electrons. The number of anilines is 1. The first-order valence-electron chi connectivity index (χ1n) is 8.07. The average molecular weight is 292 g/mol. The van der Waals surface area contributed by atoms with Gasteiger partial charge in [0.05, 0.1) is 0 Å². The largest absolute Gasteiger partial charge is 0.370 e. The number of aromatic nitrogens is 1. The van der Waals surface area contributed by atoms with Crippen molar-refractivity contribution in [2.75, 3.05) is 45.2 Å². The van der Waals surface area contributed by atoms with Crippen molar-refractivity contribution in [1.29, 1.82) is 0 Å². The minimum Gasteiger partial charge on any atom is -0.370 e. The highest BCUT2D eigenvalue weighted by Gasteiger charge is 2.13. The summed E-state index contributed by atoms with van der Waals surface area (Å²) in [6, 6.07) is 2.15. The molecule has 0 spiro atoms. The monoisotopic (exact) mass is 292 g/mol. The van der Waals surface area contributed by atoms with Crippen LogP contribution in [-0.2, 0) is 6.54 Å². The summed E-state index contributed by atoms with van der Waals surface area (Å²) in [5.41, 5.74) is 2.62. The van der Waals surface area contributed by atoms with Crippen molar-refractivity contribution in [2.24, 2.45) is 5.92 Å². The summed E-state index contributed by atoms with van der Waals surface area (Å²) in [5, 5.41) is 3.49. The quantitative estimate of drug-likeness (QED) is 0.672. The Morgan fingerprint density at radius 1 is 1.24 bits per heavy atom. The highest BCUT2D eigenvalue weighted by atomic mass is 15.2. The van der Waals surface area contributed by atoms with Gasteiger partial charge < -0.3 is 15.1 Å². The van der Waals surface area contributed by atoms with Crippen molar-refractivity contribution in [3.63, 3.8) is 0 Å². The third kappa shape index (κ3) is 6.91. The lowest BCUT2D eigenvalue weighted by Gasteiger charge is -2.30. The van der Waals surface area contributed by atoms with Gasteiger partial charge in [0, 0.05) is 49.8 Å². The Morgan fingerprint density at radius 2 is 2.00 bits per heavy atom. The maximum Gasteiger partial charge on any atom is 0.0443 e. The van der Waals surface area contributed by atoms with Gasteiger partial charge >= 0.3 is 0 Å². The van der Waals surface area contributed by atoms with Crippen LogP contribution in [0.2, 0.25) is 0 Å². The fraction of sp³-hybridized carbons (Fsp3) is 0.706. The van der Waals surface area contributed by atoms with E-state index in [2.05, 4.69) is 61.0 Å². The number of hydrogen-bond donors (Lipinski definition) is 1. The van der Waals surface area contributed by atoms with E-state index in [1.807, 2.05) is 12.4 Å². The second-order valence-electron chi connectivity index (χ2n) is 6.32. The Hall–Kier alpha value is -1.13. The minimum absolute atomic E-state index is 0.650. The van der Waals surface area contributed by atoms with E-state index in [-0.39, 0.29) is 0 Å². The molecule has 1 aromatic rings. The first-order chi connectivity index (χ1) is 10.0. The van der Waals surface area contributed by atoms with Crippen molar-refractivity contribution < 1.29 is 0 Å². The highest BCUT2D eigenvalue weighted by Crippen LogP contribution is 2.20. The lowest BCUT2D eigenvalue weighted by atomic mass is 10.1. The van der Waals surface area contributed by atoms with E-state index in [0.717, 1.165) is 39.1 Å². The molecule has 0 saturated carbocycles. The van der Waals surface area contributed by atoms with E-state index >= 15 is 0 Å². The van der Waals surface area contributed by atoms with Crippen LogP contribution in [0.15, 0.2) is 18.5 Å². The number of rotatable bonds is 10. The number of likely N-dealkylation sites (N-methyl/N-ethyl adjacent to an activating group) is 1. The van der Waals surface area contributed by atoms with Crippen LogP contribution in [0.1, 0.15) is 32.8 Å². The first kappa shape index (κ1) is 17.9. The Kier molecular flexibility index (Phi) is 8.31. The van der Waals surface area contributed by atoms with Crippen LogP contribution < -0.4 is 10.2 Å². The first-order valence-corrected chi connectivity index (χ1v) is 8.07. The molecule has 0 fully saturated rings. The van der Waals surface area contributed by atoms with Crippen LogP contribution in [0, 0.1) is 5.92 Å². The minimum atomic E-state index is 0.650. The van der Waals surface area contributed by atoms with Crippen LogP contribution in [0.5, 0.6) is 0 Å². The molecule has 4 nitrogen and oxygen atoms in total. The summed E-state index contributed by atoms with van der Waals surface area (Å²) in [6.07, 6.45) is 5.06. The van der Waals surface area contributed by atoms with Gasteiger partial charge in [-0.15, -0.1) is 0 Å². The molecule has 0 unspecified atom stereocenters. The molecule has 1 rings (SSSR count). The molecule has 120 valence electrons. The van der Waals surface area contributed by atoms with E-state index in [1.54, 1.807) is 0 Å². The van der Waals surface area contributed by atoms with Gasteiger partial charge in [-0.1, -0.05) is 20.8 Å². The maximum atomic E-state index is 4.30. The summed E-state index contributed by atoms with van der Waals surface area (Å²) in [5.74, 6) is 0.650. The van der Waals surface area contributed by atoms with Crippen LogP contribution in [-0.4, -0.2) is 50.2 Å². The molecule has 0 bridgehead atoms. The molecule has 4 heteroatoms. The molecule has 0 aliphatic rings.